The van der Waals surface area contributed by atoms with Gasteiger partial charge in [-0.25, -0.2) is 0 Å². The molecule has 0 aliphatic heterocycles. The maximum Gasteiger partial charge on any atom is 0.0853 e. The van der Waals surface area contributed by atoms with Crippen molar-refractivity contribution in [2.24, 2.45) is 0 Å². The minimum atomic E-state index is -0.0918. The molecule has 0 unspecified atom stereocenters. The van der Waals surface area contributed by atoms with E-state index in [9.17, 15) is 0 Å². The van der Waals surface area contributed by atoms with Gasteiger partial charge in [0.1, 0.15) is 0 Å². The molecule has 0 aliphatic carbocycles. The van der Waals surface area contributed by atoms with Crippen LogP contribution in [0, 0.1) is 5.41 Å². The Labute approximate surface area is 113 Å². The predicted molar refractivity (Wildman–Crippen MR) is 75.5 cm³/mol. The van der Waals surface area contributed by atoms with Crippen molar-refractivity contribution in [3.05, 3.63) is 52.3 Å². The first-order valence-corrected chi connectivity index (χ1v) is 6.15. The SMILES string of the molecule is N=Cc1ccc(Br)cc1Nc1ccnc(CO)c1. The molecule has 3 N–H and O–H groups in total. The van der Waals surface area contributed by atoms with Crippen molar-refractivity contribution in [1.29, 1.82) is 5.41 Å². The Kier molecular flexibility index (Phi) is 4.07. The predicted octanol–water partition coefficient (Wildman–Crippen LogP) is 3.08. The summed E-state index contributed by atoms with van der Waals surface area (Å²) in [7, 11) is 0. The molecule has 0 bridgehead atoms. The van der Waals surface area contributed by atoms with Gasteiger partial charge in [0.2, 0.25) is 0 Å². The molecule has 0 radical (unpaired) electrons. The van der Waals surface area contributed by atoms with Gasteiger partial charge in [0.25, 0.3) is 0 Å². The monoisotopic (exact) mass is 305 g/mol. The van der Waals surface area contributed by atoms with Crippen molar-refractivity contribution < 1.29 is 5.11 Å². The van der Waals surface area contributed by atoms with Crippen LogP contribution in [0.4, 0.5) is 11.4 Å². The number of nitrogens with one attached hydrogen (secondary N) is 2. The molecule has 0 fully saturated rings. The molecule has 2 aromatic rings. The standard InChI is InChI=1S/C13H12BrN3O/c14-10-2-1-9(7-15)13(5-10)17-11-3-4-16-12(6-11)8-18/h1-7,15,18H,8H2,(H,16,17). The average molecular weight is 306 g/mol. The van der Waals surface area contributed by atoms with Crippen molar-refractivity contribution in [2.75, 3.05) is 5.32 Å². The highest BCUT2D eigenvalue weighted by Gasteiger charge is 2.03. The Bertz CT molecular complexity index is 572. The highest BCUT2D eigenvalue weighted by atomic mass is 79.9. The second kappa shape index (κ2) is 5.75. The van der Waals surface area contributed by atoms with E-state index in [0.717, 1.165) is 21.4 Å². The molecule has 2 rings (SSSR count). The first-order chi connectivity index (χ1) is 8.72. The summed E-state index contributed by atoms with van der Waals surface area (Å²) < 4.78 is 0.937. The summed E-state index contributed by atoms with van der Waals surface area (Å²) in [5.74, 6) is 0. The van der Waals surface area contributed by atoms with Gasteiger partial charge >= 0.3 is 0 Å². The van der Waals surface area contributed by atoms with E-state index in [1.54, 1.807) is 12.3 Å². The van der Waals surface area contributed by atoms with Crippen LogP contribution in [-0.4, -0.2) is 16.3 Å². The van der Waals surface area contributed by atoms with Gasteiger partial charge in [-0.2, -0.15) is 0 Å². The minimum absolute atomic E-state index is 0.0918. The van der Waals surface area contributed by atoms with Crippen LogP contribution in [0.2, 0.25) is 0 Å². The number of anilines is 2. The molecule has 5 heteroatoms. The van der Waals surface area contributed by atoms with E-state index < -0.39 is 0 Å². The van der Waals surface area contributed by atoms with Crippen LogP contribution in [-0.2, 0) is 6.61 Å². The van der Waals surface area contributed by atoms with Gasteiger partial charge in [0, 0.05) is 33.8 Å². The first-order valence-electron chi connectivity index (χ1n) is 5.36. The third-order valence-corrected chi connectivity index (χ3v) is 2.92. The summed E-state index contributed by atoms with van der Waals surface area (Å²) in [6.45, 7) is -0.0918. The number of benzene rings is 1. The number of hydrogen-bond acceptors (Lipinski definition) is 4. The Morgan fingerprint density at radius 1 is 1.33 bits per heavy atom. The number of hydrogen-bond donors (Lipinski definition) is 3. The molecule has 0 atom stereocenters. The van der Waals surface area contributed by atoms with E-state index in [-0.39, 0.29) is 6.61 Å². The molecule has 1 heterocycles. The highest BCUT2D eigenvalue weighted by molar-refractivity contribution is 9.10. The van der Waals surface area contributed by atoms with Crippen molar-refractivity contribution in [3.8, 4) is 0 Å². The second-order valence-corrected chi connectivity index (χ2v) is 4.61. The van der Waals surface area contributed by atoms with Crippen molar-refractivity contribution in [1.82, 2.24) is 4.98 Å². The van der Waals surface area contributed by atoms with Gasteiger partial charge in [-0.3, -0.25) is 4.98 Å². The average Bonchev–Trinajstić information content (AvgIpc) is 2.39. The van der Waals surface area contributed by atoms with Crippen molar-refractivity contribution >= 4 is 33.5 Å². The van der Waals surface area contributed by atoms with Crippen molar-refractivity contribution in [3.63, 3.8) is 0 Å². The van der Waals surface area contributed by atoms with E-state index in [1.807, 2.05) is 24.3 Å². The maximum absolute atomic E-state index is 9.04. The van der Waals surface area contributed by atoms with Gasteiger partial charge in [-0.1, -0.05) is 22.0 Å². The number of aliphatic hydroxyl groups excluding tert-OH is 1. The summed E-state index contributed by atoms with van der Waals surface area (Å²) in [6, 6.07) is 9.23. The highest BCUT2D eigenvalue weighted by Crippen LogP contribution is 2.24. The van der Waals surface area contributed by atoms with Gasteiger partial charge in [-0.05, 0) is 24.3 Å². The largest absolute Gasteiger partial charge is 0.390 e. The van der Waals surface area contributed by atoms with Crippen LogP contribution in [0.1, 0.15) is 11.3 Å². The molecule has 0 saturated carbocycles. The summed E-state index contributed by atoms with van der Waals surface area (Å²) in [5, 5.41) is 19.6. The van der Waals surface area contributed by atoms with Crippen LogP contribution in [0.25, 0.3) is 0 Å². The lowest BCUT2D eigenvalue weighted by Crippen LogP contribution is -1.97. The lowest BCUT2D eigenvalue weighted by Gasteiger charge is -2.10. The minimum Gasteiger partial charge on any atom is -0.390 e. The fraction of sp³-hybridized carbons (Fsp3) is 0.0769. The normalized spacial score (nSPS) is 10.1. The third kappa shape index (κ3) is 2.94. The topological polar surface area (TPSA) is 69.0 Å². The van der Waals surface area contributed by atoms with Gasteiger partial charge in [-0.15, -0.1) is 0 Å². The number of rotatable bonds is 4. The quantitative estimate of drug-likeness (QED) is 0.760. The summed E-state index contributed by atoms with van der Waals surface area (Å²) in [4.78, 5) is 4.02. The zero-order chi connectivity index (χ0) is 13.0. The first kappa shape index (κ1) is 12.7. The zero-order valence-electron chi connectivity index (χ0n) is 9.52. The fourth-order valence-corrected chi connectivity index (χ4v) is 1.92. The number of halogens is 1. The fourth-order valence-electron chi connectivity index (χ4n) is 1.56. The Morgan fingerprint density at radius 3 is 2.89 bits per heavy atom. The van der Waals surface area contributed by atoms with E-state index >= 15 is 0 Å². The summed E-state index contributed by atoms with van der Waals surface area (Å²) in [6.07, 6.45) is 2.93. The van der Waals surface area contributed by atoms with Gasteiger partial charge in [0.05, 0.1) is 12.3 Å². The smallest absolute Gasteiger partial charge is 0.0853 e. The van der Waals surface area contributed by atoms with E-state index in [0.29, 0.717) is 5.69 Å². The Balaban J connectivity index is 2.32. The molecule has 4 nitrogen and oxygen atoms in total. The molecule has 1 aromatic carbocycles. The van der Waals surface area contributed by atoms with Crippen LogP contribution in [0.5, 0.6) is 0 Å². The summed E-state index contributed by atoms with van der Waals surface area (Å²) >= 11 is 3.40. The molecule has 0 aliphatic rings. The number of nitrogens with zero attached hydrogens (tertiary/aromatic N) is 1. The molecule has 0 spiro atoms. The van der Waals surface area contributed by atoms with Crippen LogP contribution in [0.3, 0.4) is 0 Å². The van der Waals surface area contributed by atoms with Gasteiger partial charge < -0.3 is 15.8 Å². The Morgan fingerprint density at radius 2 is 2.17 bits per heavy atom. The molecule has 1 aromatic heterocycles. The van der Waals surface area contributed by atoms with Crippen LogP contribution in [0.15, 0.2) is 41.0 Å². The molecule has 18 heavy (non-hydrogen) atoms. The second-order valence-electron chi connectivity index (χ2n) is 3.69. The van der Waals surface area contributed by atoms with E-state index in [2.05, 4.69) is 26.2 Å². The maximum atomic E-state index is 9.04. The lowest BCUT2D eigenvalue weighted by molar-refractivity contribution is 0.277. The van der Waals surface area contributed by atoms with Crippen LogP contribution < -0.4 is 5.32 Å². The molecule has 92 valence electrons. The molecule has 0 amide bonds. The summed E-state index contributed by atoms with van der Waals surface area (Å²) in [5.41, 5.74) is 3.05. The zero-order valence-corrected chi connectivity index (χ0v) is 11.1. The van der Waals surface area contributed by atoms with Crippen LogP contribution >= 0.6 is 15.9 Å². The Hall–Kier alpha value is -1.72. The molecule has 0 saturated heterocycles. The third-order valence-electron chi connectivity index (χ3n) is 2.43. The van der Waals surface area contributed by atoms with Gasteiger partial charge in [0.15, 0.2) is 0 Å². The van der Waals surface area contributed by atoms with E-state index in [4.69, 9.17) is 10.5 Å². The molecular formula is C13H12BrN3O. The number of aliphatic hydroxyl groups is 1. The lowest BCUT2D eigenvalue weighted by atomic mass is 10.2. The van der Waals surface area contributed by atoms with E-state index in [1.165, 1.54) is 6.21 Å². The van der Waals surface area contributed by atoms with Crippen molar-refractivity contribution in [2.45, 2.75) is 6.61 Å². The number of aromatic nitrogens is 1. The number of pyridine rings is 1. The molecular weight excluding hydrogens is 294 g/mol.